The Morgan fingerprint density at radius 2 is 2.11 bits per heavy atom. The molecule has 0 bridgehead atoms. The van der Waals surface area contributed by atoms with E-state index in [1.165, 1.54) is 32.1 Å². The minimum absolute atomic E-state index is 0.383. The molecule has 100 valence electrons. The van der Waals surface area contributed by atoms with Crippen molar-refractivity contribution in [1.29, 1.82) is 0 Å². The van der Waals surface area contributed by atoms with Gasteiger partial charge in [0.05, 0.1) is 11.7 Å². The van der Waals surface area contributed by atoms with Crippen molar-refractivity contribution in [2.24, 2.45) is 11.8 Å². The molecule has 1 aliphatic rings. The Bertz CT molecular complexity index is 339. The number of hydrogen-bond donors (Lipinski definition) is 1. The topological polar surface area (TPSA) is 37.8 Å². The molecule has 2 rings (SSSR count). The predicted molar refractivity (Wildman–Crippen MR) is 74.2 cm³/mol. The molecule has 18 heavy (non-hydrogen) atoms. The van der Waals surface area contributed by atoms with Crippen LogP contribution in [0.15, 0.2) is 18.6 Å². The van der Waals surface area contributed by atoms with Crippen molar-refractivity contribution in [1.82, 2.24) is 15.3 Å². The van der Waals surface area contributed by atoms with Gasteiger partial charge in [0.2, 0.25) is 0 Å². The quantitative estimate of drug-likeness (QED) is 0.867. The first kappa shape index (κ1) is 13.5. The van der Waals surface area contributed by atoms with Crippen molar-refractivity contribution in [3.63, 3.8) is 0 Å². The van der Waals surface area contributed by atoms with Crippen LogP contribution in [0.25, 0.3) is 0 Å². The number of hydrogen-bond acceptors (Lipinski definition) is 3. The van der Waals surface area contributed by atoms with E-state index in [-0.39, 0.29) is 0 Å². The monoisotopic (exact) mass is 247 g/mol. The Kier molecular flexibility index (Phi) is 5.12. The maximum atomic E-state index is 4.52. The van der Waals surface area contributed by atoms with Crippen LogP contribution in [0.4, 0.5) is 0 Å². The minimum atomic E-state index is 0.383. The van der Waals surface area contributed by atoms with Crippen LogP contribution in [-0.4, -0.2) is 16.5 Å². The standard InChI is InChI=1S/C15H25N3/c1-3-12-7-5-6-8-13(12)15(17-4-2)14-11-16-9-10-18-14/h9-13,15,17H,3-8H2,1-2H3. The molecule has 3 nitrogen and oxygen atoms in total. The van der Waals surface area contributed by atoms with Crippen molar-refractivity contribution < 1.29 is 0 Å². The van der Waals surface area contributed by atoms with Gasteiger partial charge in [0.15, 0.2) is 0 Å². The fourth-order valence-corrected chi connectivity index (χ4v) is 3.35. The van der Waals surface area contributed by atoms with Crippen LogP contribution in [-0.2, 0) is 0 Å². The van der Waals surface area contributed by atoms with E-state index in [1.54, 1.807) is 6.20 Å². The van der Waals surface area contributed by atoms with Crippen LogP contribution >= 0.6 is 0 Å². The molecule has 1 fully saturated rings. The summed E-state index contributed by atoms with van der Waals surface area (Å²) in [5.41, 5.74) is 1.12. The SMILES string of the molecule is CCNC(c1cnccn1)C1CCCCC1CC. The van der Waals surface area contributed by atoms with Crippen LogP contribution in [0, 0.1) is 11.8 Å². The van der Waals surface area contributed by atoms with E-state index in [1.807, 2.05) is 12.4 Å². The van der Waals surface area contributed by atoms with E-state index in [2.05, 4.69) is 29.1 Å². The Hall–Kier alpha value is -0.960. The number of nitrogens with one attached hydrogen (secondary N) is 1. The van der Waals surface area contributed by atoms with Crippen LogP contribution in [0.3, 0.4) is 0 Å². The van der Waals surface area contributed by atoms with Gasteiger partial charge < -0.3 is 5.32 Å². The zero-order valence-corrected chi connectivity index (χ0v) is 11.6. The second kappa shape index (κ2) is 6.83. The summed E-state index contributed by atoms with van der Waals surface area (Å²) in [7, 11) is 0. The Labute approximate surface area is 110 Å². The highest BCUT2D eigenvalue weighted by Gasteiger charge is 2.31. The van der Waals surface area contributed by atoms with Crippen molar-refractivity contribution in [2.75, 3.05) is 6.54 Å². The number of aromatic nitrogens is 2. The van der Waals surface area contributed by atoms with E-state index in [0.29, 0.717) is 6.04 Å². The zero-order chi connectivity index (χ0) is 12.8. The van der Waals surface area contributed by atoms with Crippen molar-refractivity contribution >= 4 is 0 Å². The molecule has 0 aromatic carbocycles. The summed E-state index contributed by atoms with van der Waals surface area (Å²) in [6.07, 6.45) is 12.2. The average molecular weight is 247 g/mol. The minimum Gasteiger partial charge on any atom is -0.309 e. The largest absolute Gasteiger partial charge is 0.309 e. The number of rotatable bonds is 5. The molecule has 0 spiro atoms. The van der Waals surface area contributed by atoms with Gasteiger partial charge in [-0.05, 0) is 24.8 Å². The van der Waals surface area contributed by atoms with Gasteiger partial charge in [-0.15, -0.1) is 0 Å². The first-order chi connectivity index (χ1) is 8.86. The van der Waals surface area contributed by atoms with Gasteiger partial charge >= 0.3 is 0 Å². The van der Waals surface area contributed by atoms with Gasteiger partial charge in [-0.25, -0.2) is 0 Å². The lowest BCUT2D eigenvalue weighted by atomic mass is 9.73. The second-order valence-corrected chi connectivity index (χ2v) is 5.28. The summed E-state index contributed by atoms with van der Waals surface area (Å²) in [5.74, 6) is 1.56. The van der Waals surface area contributed by atoms with E-state index in [0.717, 1.165) is 24.1 Å². The van der Waals surface area contributed by atoms with Gasteiger partial charge in [0.25, 0.3) is 0 Å². The van der Waals surface area contributed by atoms with Crippen LogP contribution in [0.5, 0.6) is 0 Å². The molecule has 0 saturated heterocycles. The van der Waals surface area contributed by atoms with E-state index in [4.69, 9.17) is 0 Å². The normalized spacial score (nSPS) is 25.9. The Morgan fingerprint density at radius 1 is 1.28 bits per heavy atom. The molecule has 3 atom stereocenters. The molecule has 0 aliphatic heterocycles. The molecule has 1 heterocycles. The lowest BCUT2D eigenvalue weighted by Gasteiger charge is -2.36. The maximum Gasteiger partial charge on any atom is 0.0758 e. The summed E-state index contributed by atoms with van der Waals surface area (Å²) in [5, 5.41) is 3.63. The molecule has 1 aromatic heterocycles. The van der Waals surface area contributed by atoms with Crippen LogP contribution in [0.1, 0.15) is 57.7 Å². The van der Waals surface area contributed by atoms with E-state index in [9.17, 15) is 0 Å². The van der Waals surface area contributed by atoms with Gasteiger partial charge in [0, 0.05) is 18.6 Å². The molecule has 1 aromatic rings. The highest BCUT2D eigenvalue weighted by atomic mass is 15.0. The molecule has 3 unspecified atom stereocenters. The smallest absolute Gasteiger partial charge is 0.0758 e. The van der Waals surface area contributed by atoms with Crippen molar-refractivity contribution in [3.8, 4) is 0 Å². The van der Waals surface area contributed by atoms with Crippen LogP contribution in [0.2, 0.25) is 0 Å². The van der Waals surface area contributed by atoms with Crippen molar-refractivity contribution in [2.45, 2.75) is 52.0 Å². The van der Waals surface area contributed by atoms with Crippen LogP contribution < -0.4 is 5.32 Å². The molecule has 3 heteroatoms. The molecule has 1 N–H and O–H groups in total. The highest BCUT2D eigenvalue weighted by molar-refractivity contribution is 5.05. The number of nitrogens with zero attached hydrogens (tertiary/aromatic N) is 2. The highest BCUT2D eigenvalue weighted by Crippen LogP contribution is 2.39. The Balaban J connectivity index is 2.18. The van der Waals surface area contributed by atoms with Gasteiger partial charge in [0.1, 0.15) is 0 Å². The third-order valence-electron chi connectivity index (χ3n) is 4.25. The molecule has 0 radical (unpaired) electrons. The average Bonchev–Trinajstić information content (AvgIpc) is 2.46. The summed E-state index contributed by atoms with van der Waals surface area (Å²) < 4.78 is 0. The summed E-state index contributed by atoms with van der Waals surface area (Å²) in [6.45, 7) is 5.49. The van der Waals surface area contributed by atoms with Crippen molar-refractivity contribution in [3.05, 3.63) is 24.3 Å². The van der Waals surface area contributed by atoms with E-state index >= 15 is 0 Å². The molecule has 1 saturated carbocycles. The van der Waals surface area contributed by atoms with Gasteiger partial charge in [-0.1, -0.05) is 39.5 Å². The molecule has 1 aliphatic carbocycles. The fraction of sp³-hybridized carbons (Fsp3) is 0.733. The summed E-state index contributed by atoms with van der Waals surface area (Å²) >= 11 is 0. The third-order valence-corrected chi connectivity index (χ3v) is 4.25. The fourth-order valence-electron chi connectivity index (χ4n) is 3.35. The molecular weight excluding hydrogens is 222 g/mol. The third kappa shape index (κ3) is 3.08. The first-order valence-corrected chi connectivity index (χ1v) is 7.36. The van der Waals surface area contributed by atoms with Gasteiger partial charge in [-0.3, -0.25) is 9.97 Å². The maximum absolute atomic E-state index is 4.52. The lowest BCUT2D eigenvalue weighted by molar-refractivity contribution is 0.174. The predicted octanol–water partition coefficient (Wildman–Crippen LogP) is 3.34. The van der Waals surface area contributed by atoms with E-state index < -0.39 is 0 Å². The Morgan fingerprint density at radius 3 is 2.78 bits per heavy atom. The molecule has 0 amide bonds. The lowest BCUT2D eigenvalue weighted by Crippen LogP contribution is -2.35. The zero-order valence-electron chi connectivity index (χ0n) is 11.6. The summed E-state index contributed by atoms with van der Waals surface area (Å²) in [4.78, 5) is 8.75. The molecular formula is C15H25N3. The summed E-state index contributed by atoms with van der Waals surface area (Å²) in [6, 6.07) is 0.383. The van der Waals surface area contributed by atoms with Gasteiger partial charge in [-0.2, -0.15) is 0 Å². The first-order valence-electron chi connectivity index (χ1n) is 7.36. The second-order valence-electron chi connectivity index (χ2n) is 5.28.